The van der Waals surface area contributed by atoms with Crippen LogP contribution in [0.1, 0.15) is 40.9 Å². The molecular weight excluding hydrogens is 463 g/mol. The zero-order valence-electron chi connectivity index (χ0n) is 19.4. The Hall–Kier alpha value is -3.29. The molecule has 0 amide bonds. The summed E-state index contributed by atoms with van der Waals surface area (Å²) in [5, 5.41) is 20.0. The van der Waals surface area contributed by atoms with Crippen LogP contribution in [-0.4, -0.2) is 41.5 Å². The van der Waals surface area contributed by atoms with E-state index in [9.17, 15) is 24.4 Å². The Morgan fingerprint density at radius 2 is 1.97 bits per heavy atom. The topological polar surface area (TPSA) is 129 Å². The van der Waals surface area contributed by atoms with Crippen molar-refractivity contribution >= 4 is 19.5 Å². The number of benzene rings is 2. The van der Waals surface area contributed by atoms with Crippen molar-refractivity contribution < 1.29 is 42.9 Å². The predicted octanol–water partition coefficient (Wildman–Crippen LogP) is 4.63. The third-order valence-corrected chi connectivity index (χ3v) is 7.41. The van der Waals surface area contributed by atoms with Crippen molar-refractivity contribution in [1.29, 1.82) is 0 Å². The summed E-state index contributed by atoms with van der Waals surface area (Å²) in [6.07, 6.45) is 0.313. The summed E-state index contributed by atoms with van der Waals surface area (Å²) in [6, 6.07) is 8.34. The Morgan fingerprint density at radius 3 is 2.59 bits per heavy atom. The minimum Gasteiger partial charge on any atom is -0.507 e. The lowest BCUT2D eigenvalue weighted by atomic mass is 9.95. The van der Waals surface area contributed by atoms with Crippen molar-refractivity contribution in [3.8, 4) is 17.2 Å². The van der Waals surface area contributed by atoms with Crippen molar-refractivity contribution in [2.24, 2.45) is 0 Å². The maximum atomic E-state index is 13.5. The molecule has 34 heavy (non-hydrogen) atoms. The van der Waals surface area contributed by atoms with Crippen LogP contribution in [0.2, 0.25) is 0 Å². The van der Waals surface area contributed by atoms with Crippen LogP contribution in [0.25, 0.3) is 0 Å². The van der Waals surface area contributed by atoms with Crippen LogP contribution in [0.15, 0.2) is 42.0 Å². The fourth-order valence-corrected chi connectivity index (χ4v) is 5.63. The number of carbonyl (C=O) groups is 2. The molecule has 2 aromatic rings. The van der Waals surface area contributed by atoms with Crippen LogP contribution < -0.4 is 9.26 Å². The number of aliphatic carboxylic acids is 1. The zero-order valence-corrected chi connectivity index (χ0v) is 20.3. The van der Waals surface area contributed by atoms with Crippen molar-refractivity contribution in [1.82, 2.24) is 0 Å². The first-order valence-corrected chi connectivity index (χ1v) is 12.3. The lowest BCUT2D eigenvalue weighted by Gasteiger charge is -2.22. The number of methoxy groups -OCH3 is 1. The van der Waals surface area contributed by atoms with Gasteiger partial charge in [-0.3, -0.25) is 4.52 Å². The second kappa shape index (κ2) is 10.3. The van der Waals surface area contributed by atoms with Crippen molar-refractivity contribution in [2.45, 2.75) is 39.9 Å². The monoisotopic (exact) mass is 490 g/mol. The van der Waals surface area contributed by atoms with Crippen molar-refractivity contribution in [3.63, 3.8) is 0 Å². The lowest BCUT2D eigenvalue weighted by molar-refractivity contribution is -0.144. The van der Waals surface area contributed by atoms with E-state index in [1.54, 1.807) is 50.3 Å². The SMILES string of the molecule is COc1c(C)c2c(c(O)c1C/C=C(\C)CP(=O)(Oc1ccccc1)OC(C)C(=O)O)C(=O)OC2. The molecule has 10 heteroatoms. The first kappa shape index (κ1) is 25.3. The maximum Gasteiger partial charge on any atom is 0.384 e. The number of aromatic hydroxyl groups is 1. The van der Waals surface area contributed by atoms with E-state index in [1.165, 1.54) is 14.0 Å². The molecule has 0 saturated heterocycles. The number of ether oxygens (including phenoxy) is 2. The molecule has 0 radical (unpaired) electrons. The van der Waals surface area contributed by atoms with Gasteiger partial charge in [0, 0.05) is 11.1 Å². The van der Waals surface area contributed by atoms with E-state index in [0.717, 1.165) is 0 Å². The Balaban J connectivity index is 1.89. The molecule has 2 N–H and O–H groups in total. The van der Waals surface area contributed by atoms with E-state index in [4.69, 9.17) is 18.5 Å². The number of carboxylic acids is 1. The number of hydrogen-bond donors (Lipinski definition) is 2. The molecule has 0 fully saturated rings. The number of cyclic esters (lactones) is 1. The number of hydrogen-bond acceptors (Lipinski definition) is 8. The second-order valence-corrected chi connectivity index (χ2v) is 9.86. The standard InChI is InChI=1S/C24H27O9P/c1-14(13-34(29,32-16(3)23(26)27)33-17-8-6-5-7-9-17)10-11-18-21(25)20-19(12-31-24(20)28)15(2)22(18)30-4/h5-10,16,25H,11-13H2,1-4H3,(H,26,27)/b14-10+. The van der Waals surface area contributed by atoms with Gasteiger partial charge in [0.1, 0.15) is 29.4 Å². The van der Waals surface area contributed by atoms with Gasteiger partial charge in [0.15, 0.2) is 6.10 Å². The van der Waals surface area contributed by atoms with E-state index in [2.05, 4.69) is 0 Å². The highest BCUT2D eigenvalue weighted by atomic mass is 31.2. The molecule has 0 bridgehead atoms. The van der Waals surface area contributed by atoms with Crippen molar-refractivity contribution in [3.05, 3.63) is 64.2 Å². The van der Waals surface area contributed by atoms with Gasteiger partial charge in [-0.15, -0.1) is 0 Å². The average Bonchev–Trinajstić information content (AvgIpc) is 3.17. The fraction of sp³-hybridized carbons (Fsp3) is 0.333. The predicted molar refractivity (Wildman–Crippen MR) is 124 cm³/mol. The number of phenols is 1. The molecule has 1 aliphatic rings. The van der Waals surface area contributed by atoms with E-state index in [0.29, 0.717) is 28.0 Å². The van der Waals surface area contributed by atoms with Gasteiger partial charge in [-0.05, 0) is 44.9 Å². The highest BCUT2D eigenvalue weighted by Gasteiger charge is 2.33. The normalized spacial score (nSPS) is 15.8. The van der Waals surface area contributed by atoms with E-state index in [1.807, 2.05) is 0 Å². The fourth-order valence-electron chi connectivity index (χ4n) is 3.69. The highest BCUT2D eigenvalue weighted by molar-refractivity contribution is 7.54. The number of phenolic OH excluding ortho intramolecular Hbond substituents is 1. The summed E-state index contributed by atoms with van der Waals surface area (Å²) < 4.78 is 35.0. The number of carbonyl (C=O) groups excluding carboxylic acids is 1. The quantitative estimate of drug-likeness (QED) is 0.278. The lowest BCUT2D eigenvalue weighted by Crippen LogP contribution is -2.21. The van der Waals surface area contributed by atoms with Gasteiger partial charge >= 0.3 is 19.5 Å². The summed E-state index contributed by atoms with van der Waals surface area (Å²) in [6.45, 7) is 4.81. The molecule has 0 aliphatic carbocycles. The minimum absolute atomic E-state index is 0.0676. The van der Waals surface area contributed by atoms with Gasteiger partial charge in [-0.25, -0.2) is 14.2 Å². The van der Waals surface area contributed by atoms with E-state index < -0.39 is 25.6 Å². The molecular formula is C24H27O9P. The molecule has 2 atom stereocenters. The summed E-state index contributed by atoms with van der Waals surface area (Å²) in [5.74, 6) is -1.38. The van der Waals surface area contributed by atoms with Crippen LogP contribution in [-0.2, 0) is 31.6 Å². The molecule has 2 unspecified atom stereocenters. The number of allylic oxidation sites excluding steroid dienone is 2. The molecule has 2 aromatic carbocycles. The molecule has 0 aromatic heterocycles. The van der Waals surface area contributed by atoms with Gasteiger partial charge in [0.05, 0.1) is 13.3 Å². The van der Waals surface area contributed by atoms with Crippen LogP contribution in [0.5, 0.6) is 17.2 Å². The Bertz CT molecular complexity index is 1170. The molecule has 1 heterocycles. The molecule has 0 spiro atoms. The Kier molecular flexibility index (Phi) is 7.69. The highest BCUT2D eigenvalue weighted by Crippen LogP contribution is 2.51. The summed E-state index contributed by atoms with van der Waals surface area (Å²) in [5.41, 5.74) is 2.35. The Labute approximate surface area is 197 Å². The van der Waals surface area contributed by atoms with Crippen LogP contribution in [0.4, 0.5) is 0 Å². The minimum atomic E-state index is -3.91. The molecule has 0 saturated carbocycles. The Morgan fingerprint density at radius 1 is 1.29 bits per heavy atom. The third kappa shape index (κ3) is 5.43. The van der Waals surface area contributed by atoms with Gasteiger partial charge < -0.3 is 24.2 Å². The maximum absolute atomic E-state index is 13.5. The molecule has 182 valence electrons. The van der Waals surface area contributed by atoms with Gasteiger partial charge in [-0.1, -0.05) is 29.8 Å². The zero-order chi connectivity index (χ0) is 25.0. The van der Waals surface area contributed by atoms with E-state index >= 15 is 0 Å². The number of para-hydroxylation sites is 1. The largest absolute Gasteiger partial charge is 0.507 e. The summed E-state index contributed by atoms with van der Waals surface area (Å²) in [7, 11) is -2.44. The molecule has 1 aliphatic heterocycles. The second-order valence-electron chi connectivity index (χ2n) is 7.93. The van der Waals surface area contributed by atoms with Crippen LogP contribution in [0.3, 0.4) is 0 Å². The van der Waals surface area contributed by atoms with Crippen molar-refractivity contribution in [2.75, 3.05) is 13.3 Å². The smallest absolute Gasteiger partial charge is 0.384 e. The molecule has 3 rings (SSSR count). The van der Waals surface area contributed by atoms with Gasteiger partial charge in [-0.2, -0.15) is 0 Å². The number of rotatable bonds is 10. The number of fused-ring (bicyclic) bond motifs is 1. The first-order chi connectivity index (χ1) is 16.1. The third-order valence-electron chi connectivity index (χ3n) is 5.40. The van der Waals surface area contributed by atoms with E-state index in [-0.39, 0.29) is 36.3 Å². The first-order valence-electron chi connectivity index (χ1n) is 10.5. The molecule has 9 nitrogen and oxygen atoms in total. The number of carboxylic acid groups (broad SMARTS) is 1. The van der Waals surface area contributed by atoms with Gasteiger partial charge in [0.25, 0.3) is 0 Å². The summed E-state index contributed by atoms with van der Waals surface area (Å²) >= 11 is 0. The van der Waals surface area contributed by atoms with Gasteiger partial charge in [0.2, 0.25) is 0 Å². The van der Waals surface area contributed by atoms with Crippen LogP contribution >= 0.6 is 7.60 Å². The number of esters is 1. The van der Waals surface area contributed by atoms with Crippen LogP contribution in [0, 0.1) is 6.92 Å². The summed E-state index contributed by atoms with van der Waals surface area (Å²) in [4.78, 5) is 23.4. The average molecular weight is 490 g/mol.